The van der Waals surface area contributed by atoms with Crippen LogP contribution in [0.3, 0.4) is 0 Å². The lowest BCUT2D eigenvalue weighted by Crippen LogP contribution is -1.82. The maximum Gasteiger partial charge on any atom is 0.137 e. The van der Waals surface area contributed by atoms with Gasteiger partial charge in [0.15, 0.2) is 0 Å². The van der Waals surface area contributed by atoms with Crippen molar-refractivity contribution in [3.8, 4) is 5.75 Å². The van der Waals surface area contributed by atoms with Crippen molar-refractivity contribution >= 4 is 17.3 Å². The number of rotatable bonds is 2. The zero-order valence-electron chi connectivity index (χ0n) is 6.36. The van der Waals surface area contributed by atoms with Gasteiger partial charge in [-0.05, 0) is 23.7 Å². The number of methoxy groups -OCH3 is 1. The van der Waals surface area contributed by atoms with Gasteiger partial charge in [-0.15, -0.1) is 0 Å². The molecule has 0 atom stereocenters. The molecule has 0 saturated heterocycles. The standard InChI is InChI=1S/C7H6ClN3O/c1-12-7-3-2-5(10-11-9)4-6(7)8/h2-4H,1H3. The zero-order chi connectivity index (χ0) is 8.97. The molecule has 12 heavy (non-hydrogen) atoms. The van der Waals surface area contributed by atoms with Gasteiger partial charge in [-0.1, -0.05) is 16.7 Å². The molecule has 0 fully saturated rings. The van der Waals surface area contributed by atoms with Crippen LogP contribution in [0.15, 0.2) is 23.3 Å². The Bertz CT molecular complexity index is 333. The highest BCUT2D eigenvalue weighted by atomic mass is 35.5. The second-order valence-corrected chi connectivity index (χ2v) is 2.42. The quantitative estimate of drug-likeness (QED) is 0.394. The summed E-state index contributed by atoms with van der Waals surface area (Å²) in [6.07, 6.45) is 0. The second kappa shape index (κ2) is 3.85. The fourth-order valence-electron chi connectivity index (χ4n) is 0.769. The van der Waals surface area contributed by atoms with Crippen LogP contribution < -0.4 is 4.74 Å². The molecule has 0 bridgehead atoms. The molecule has 1 rings (SSSR count). The first-order valence-corrected chi connectivity index (χ1v) is 3.54. The Balaban J connectivity index is 3.09. The van der Waals surface area contributed by atoms with E-state index in [2.05, 4.69) is 10.0 Å². The average molecular weight is 184 g/mol. The molecule has 0 unspecified atom stereocenters. The van der Waals surface area contributed by atoms with E-state index in [1.54, 1.807) is 18.2 Å². The normalized spacial score (nSPS) is 8.83. The minimum Gasteiger partial charge on any atom is -0.495 e. The van der Waals surface area contributed by atoms with Gasteiger partial charge in [0.1, 0.15) is 5.75 Å². The predicted octanol–water partition coefficient (Wildman–Crippen LogP) is 3.29. The average Bonchev–Trinajstić information content (AvgIpc) is 2.05. The van der Waals surface area contributed by atoms with Crippen molar-refractivity contribution in [2.24, 2.45) is 5.11 Å². The minimum atomic E-state index is 0.433. The molecule has 0 aliphatic carbocycles. The summed E-state index contributed by atoms with van der Waals surface area (Å²) >= 11 is 5.76. The molecule has 0 aliphatic heterocycles. The van der Waals surface area contributed by atoms with Crippen molar-refractivity contribution in [2.75, 3.05) is 7.11 Å². The summed E-state index contributed by atoms with van der Waals surface area (Å²) in [6, 6.07) is 4.82. The third kappa shape index (κ3) is 1.81. The molecule has 1 aromatic carbocycles. The monoisotopic (exact) mass is 183 g/mol. The van der Waals surface area contributed by atoms with Crippen LogP contribution >= 0.6 is 11.6 Å². The fourth-order valence-corrected chi connectivity index (χ4v) is 1.02. The molecular formula is C7H6ClN3O. The minimum absolute atomic E-state index is 0.433. The lowest BCUT2D eigenvalue weighted by Gasteiger charge is -2.01. The molecule has 0 spiro atoms. The van der Waals surface area contributed by atoms with Crippen LogP contribution in [0.4, 0.5) is 5.69 Å². The molecule has 0 aromatic heterocycles. The van der Waals surface area contributed by atoms with E-state index in [1.165, 1.54) is 7.11 Å². The highest BCUT2D eigenvalue weighted by Gasteiger charge is 1.99. The van der Waals surface area contributed by atoms with E-state index in [4.69, 9.17) is 21.9 Å². The number of hydrogen-bond acceptors (Lipinski definition) is 2. The number of ether oxygens (including phenoxy) is 1. The molecule has 0 heterocycles. The highest BCUT2D eigenvalue weighted by Crippen LogP contribution is 2.28. The topological polar surface area (TPSA) is 58.0 Å². The van der Waals surface area contributed by atoms with Crippen molar-refractivity contribution in [1.29, 1.82) is 0 Å². The Hall–Kier alpha value is -1.38. The largest absolute Gasteiger partial charge is 0.495 e. The lowest BCUT2D eigenvalue weighted by atomic mass is 10.3. The van der Waals surface area contributed by atoms with Gasteiger partial charge in [-0.3, -0.25) is 0 Å². The summed E-state index contributed by atoms with van der Waals surface area (Å²) in [6.45, 7) is 0. The van der Waals surface area contributed by atoms with E-state index in [-0.39, 0.29) is 0 Å². The molecule has 1 aromatic rings. The van der Waals surface area contributed by atoms with E-state index in [0.717, 1.165) is 0 Å². The third-order valence-corrected chi connectivity index (χ3v) is 1.59. The number of benzene rings is 1. The highest BCUT2D eigenvalue weighted by molar-refractivity contribution is 6.32. The molecule has 0 amide bonds. The summed E-state index contributed by atoms with van der Waals surface area (Å²) in [7, 11) is 1.52. The van der Waals surface area contributed by atoms with Gasteiger partial charge in [0.05, 0.1) is 12.1 Å². The molecule has 5 heteroatoms. The summed E-state index contributed by atoms with van der Waals surface area (Å²) in [5.74, 6) is 0.563. The third-order valence-electron chi connectivity index (χ3n) is 1.30. The van der Waals surface area contributed by atoms with Crippen molar-refractivity contribution in [3.63, 3.8) is 0 Å². The van der Waals surface area contributed by atoms with E-state index in [9.17, 15) is 0 Å². The van der Waals surface area contributed by atoms with Gasteiger partial charge in [-0.25, -0.2) is 0 Å². The van der Waals surface area contributed by atoms with Crippen molar-refractivity contribution in [2.45, 2.75) is 0 Å². The molecule has 0 radical (unpaired) electrons. The Kier molecular flexibility index (Phi) is 2.80. The molecule has 0 aliphatic rings. The number of hydrogen-bond donors (Lipinski definition) is 0. The summed E-state index contributed by atoms with van der Waals surface area (Å²) in [5.41, 5.74) is 8.60. The van der Waals surface area contributed by atoms with Crippen LogP contribution in [0.2, 0.25) is 5.02 Å². The zero-order valence-corrected chi connectivity index (χ0v) is 7.12. The second-order valence-electron chi connectivity index (χ2n) is 2.01. The van der Waals surface area contributed by atoms with Crippen LogP contribution in [0.25, 0.3) is 10.4 Å². The fraction of sp³-hybridized carbons (Fsp3) is 0.143. The molecule has 4 nitrogen and oxygen atoms in total. The summed E-state index contributed by atoms with van der Waals surface area (Å²) in [4.78, 5) is 2.63. The van der Waals surface area contributed by atoms with Crippen molar-refractivity contribution < 1.29 is 4.74 Å². The molecular weight excluding hydrogens is 178 g/mol. The van der Waals surface area contributed by atoms with E-state index < -0.39 is 0 Å². The molecule has 0 N–H and O–H groups in total. The van der Waals surface area contributed by atoms with E-state index in [0.29, 0.717) is 16.5 Å². The molecule has 62 valence electrons. The first-order valence-electron chi connectivity index (χ1n) is 3.16. The van der Waals surface area contributed by atoms with Crippen LogP contribution in [-0.2, 0) is 0 Å². The Morgan fingerprint density at radius 1 is 1.58 bits per heavy atom. The molecule has 0 saturated carbocycles. The summed E-state index contributed by atoms with van der Waals surface area (Å²) < 4.78 is 4.91. The first kappa shape index (κ1) is 8.71. The van der Waals surface area contributed by atoms with Gasteiger partial charge in [0, 0.05) is 10.6 Å². The number of nitrogens with zero attached hydrogens (tertiary/aromatic N) is 3. The van der Waals surface area contributed by atoms with Crippen LogP contribution in [0.1, 0.15) is 0 Å². The van der Waals surface area contributed by atoms with Crippen LogP contribution in [0, 0.1) is 0 Å². The maximum absolute atomic E-state index is 8.12. The van der Waals surface area contributed by atoms with E-state index in [1.807, 2.05) is 0 Å². The SMILES string of the molecule is COc1ccc(N=[N+]=[N-])cc1Cl. The van der Waals surface area contributed by atoms with Gasteiger partial charge < -0.3 is 4.74 Å². The van der Waals surface area contributed by atoms with E-state index >= 15 is 0 Å². The van der Waals surface area contributed by atoms with Gasteiger partial charge >= 0.3 is 0 Å². The van der Waals surface area contributed by atoms with Gasteiger partial charge in [0.25, 0.3) is 0 Å². The lowest BCUT2D eigenvalue weighted by molar-refractivity contribution is 0.415. The number of halogens is 1. The maximum atomic E-state index is 8.12. The van der Waals surface area contributed by atoms with Crippen molar-refractivity contribution in [1.82, 2.24) is 0 Å². The van der Waals surface area contributed by atoms with Crippen LogP contribution in [-0.4, -0.2) is 7.11 Å². The number of azide groups is 1. The predicted molar refractivity (Wildman–Crippen MR) is 46.8 cm³/mol. The first-order chi connectivity index (χ1) is 5.77. The Morgan fingerprint density at radius 2 is 2.33 bits per heavy atom. The summed E-state index contributed by atoms with van der Waals surface area (Å²) in [5, 5.41) is 3.82. The van der Waals surface area contributed by atoms with Gasteiger partial charge in [-0.2, -0.15) is 0 Å². The van der Waals surface area contributed by atoms with Gasteiger partial charge in [0.2, 0.25) is 0 Å². The smallest absolute Gasteiger partial charge is 0.137 e. The Morgan fingerprint density at radius 3 is 2.83 bits per heavy atom. The van der Waals surface area contributed by atoms with Crippen molar-refractivity contribution in [3.05, 3.63) is 33.7 Å². The van der Waals surface area contributed by atoms with Crippen LogP contribution in [0.5, 0.6) is 5.75 Å². The Labute approximate surface area is 74.3 Å².